The molecule has 5 rings (SSSR count). The number of halogens is 1. The van der Waals surface area contributed by atoms with E-state index in [9.17, 15) is 14.4 Å². The maximum absolute atomic E-state index is 14.1. The minimum atomic E-state index is -0.449. The van der Waals surface area contributed by atoms with Crippen LogP contribution in [0.5, 0.6) is 5.75 Å². The van der Waals surface area contributed by atoms with Gasteiger partial charge in [0.1, 0.15) is 29.9 Å². The van der Waals surface area contributed by atoms with Crippen molar-refractivity contribution < 1.29 is 13.9 Å². The van der Waals surface area contributed by atoms with Crippen LogP contribution in [-0.4, -0.2) is 25.5 Å². The number of carbonyl (C=O) groups excluding carboxylic acids is 1. The normalized spacial score (nSPS) is 12.0. The molecule has 0 saturated heterocycles. The third kappa shape index (κ3) is 4.18. The molecule has 0 spiro atoms. The lowest BCUT2D eigenvalue weighted by molar-refractivity contribution is 0.103. The number of ether oxygens (including phenoxy) is 1. The van der Waals surface area contributed by atoms with E-state index in [2.05, 4.69) is 21.1 Å². The summed E-state index contributed by atoms with van der Waals surface area (Å²) in [5, 5.41) is 14.5. The number of fused-ring (bicyclic) bond motifs is 7. The van der Waals surface area contributed by atoms with Crippen LogP contribution < -0.4 is 10.5 Å². The van der Waals surface area contributed by atoms with Crippen LogP contribution in [0.3, 0.4) is 0 Å². The van der Waals surface area contributed by atoms with Gasteiger partial charge in [0.15, 0.2) is 11.6 Å². The highest BCUT2D eigenvalue weighted by Gasteiger charge is 2.29. The van der Waals surface area contributed by atoms with Crippen LogP contribution in [0.2, 0.25) is 0 Å². The smallest absolute Gasteiger partial charge is 0.216 e. The second-order valence-corrected chi connectivity index (χ2v) is 8.15. The molecular formula is C27H25FN6O2. The molecule has 182 valence electrons. The van der Waals surface area contributed by atoms with E-state index in [0.717, 1.165) is 0 Å². The number of nitriles is 1. The minimum Gasteiger partial charge on any atom is -0.485 e. The third-order valence-electron chi connectivity index (χ3n) is 5.65. The quantitative estimate of drug-likeness (QED) is 0.388. The van der Waals surface area contributed by atoms with Crippen molar-refractivity contribution in [3.63, 3.8) is 0 Å². The van der Waals surface area contributed by atoms with Crippen molar-refractivity contribution in [3.8, 4) is 34.2 Å². The molecule has 0 fully saturated rings. The molecule has 1 aromatic carbocycles. The van der Waals surface area contributed by atoms with Crippen molar-refractivity contribution in [1.29, 1.82) is 5.26 Å². The monoisotopic (exact) mass is 484 g/mol. The number of hydrogen-bond acceptors (Lipinski definition) is 7. The Hall–Kier alpha value is -4.58. The molecule has 2 N–H and O–H groups in total. The van der Waals surface area contributed by atoms with Crippen LogP contribution >= 0.6 is 0 Å². The summed E-state index contributed by atoms with van der Waals surface area (Å²) in [4.78, 5) is 22.6. The highest BCUT2D eigenvalue weighted by atomic mass is 19.1. The van der Waals surface area contributed by atoms with E-state index in [-0.39, 0.29) is 41.2 Å². The molecule has 36 heavy (non-hydrogen) atoms. The first-order chi connectivity index (χ1) is 17.4. The first-order valence-corrected chi connectivity index (χ1v) is 11.6. The summed E-state index contributed by atoms with van der Waals surface area (Å²) in [6.07, 6.45) is 3.04. The van der Waals surface area contributed by atoms with Gasteiger partial charge in [-0.25, -0.2) is 9.37 Å². The molecule has 1 aliphatic rings. The standard InChI is InChI=1S/C25H19FN6O2.C2H6/c1-13(2)32-19(10-27)21-14-9-20(25(28)30-11-14)34-12-15-8-16(26)5-6-17(15)22-18(4-3-7-29-22)24(33)23(21)31-32;1-2/h3-9,11,13H,12H2,1-2H3,(H2,28,30);1-2H3. The SMILES string of the molecule is CC.CC(C)n1nc2c(c1C#N)-c1cnc(N)c(c1)OCc1cc(F)ccc1-c1ncccc1C2=O. The summed E-state index contributed by atoms with van der Waals surface area (Å²) in [6.45, 7) is 7.71. The first kappa shape index (κ1) is 24.5. The molecule has 3 aromatic heterocycles. The highest BCUT2D eigenvalue weighted by Crippen LogP contribution is 2.37. The van der Waals surface area contributed by atoms with Crippen LogP contribution in [-0.2, 0) is 6.61 Å². The van der Waals surface area contributed by atoms with E-state index in [0.29, 0.717) is 27.9 Å². The Morgan fingerprint density at radius 2 is 1.92 bits per heavy atom. The molecule has 4 aromatic rings. The Labute approximate surface area is 208 Å². The van der Waals surface area contributed by atoms with Crippen LogP contribution in [0.25, 0.3) is 22.4 Å². The van der Waals surface area contributed by atoms with Gasteiger partial charge in [0.2, 0.25) is 5.78 Å². The Bertz CT molecular complexity index is 1500. The molecule has 8 nitrogen and oxygen atoms in total. The average molecular weight is 485 g/mol. The summed E-state index contributed by atoms with van der Waals surface area (Å²) in [7, 11) is 0. The summed E-state index contributed by atoms with van der Waals surface area (Å²) in [5.74, 6) is -0.493. The molecule has 0 aliphatic carbocycles. The van der Waals surface area contributed by atoms with Crippen LogP contribution in [0.15, 0.2) is 48.8 Å². The van der Waals surface area contributed by atoms with E-state index < -0.39 is 11.6 Å². The lowest BCUT2D eigenvalue weighted by atomic mass is 9.94. The summed E-state index contributed by atoms with van der Waals surface area (Å²) < 4.78 is 21.6. The fourth-order valence-electron chi connectivity index (χ4n) is 4.05. The molecule has 1 aliphatic heterocycles. The Morgan fingerprint density at radius 3 is 2.64 bits per heavy atom. The minimum absolute atomic E-state index is 0.0319. The number of nitrogen functional groups attached to an aromatic ring is 1. The summed E-state index contributed by atoms with van der Waals surface area (Å²) in [6, 6.07) is 11.1. The fraction of sp³-hybridized carbons (Fsp3) is 0.222. The Morgan fingerprint density at radius 1 is 1.14 bits per heavy atom. The van der Waals surface area contributed by atoms with Crippen LogP contribution in [0.1, 0.15) is 61.0 Å². The Balaban J connectivity index is 0.00000148. The van der Waals surface area contributed by atoms with Gasteiger partial charge in [0, 0.05) is 35.1 Å². The second-order valence-electron chi connectivity index (χ2n) is 8.15. The maximum atomic E-state index is 14.1. The van der Waals surface area contributed by atoms with Gasteiger partial charge in [-0.2, -0.15) is 10.4 Å². The highest BCUT2D eigenvalue weighted by molar-refractivity contribution is 6.15. The molecule has 0 unspecified atom stereocenters. The molecule has 0 saturated carbocycles. The number of pyridine rings is 2. The van der Waals surface area contributed by atoms with E-state index in [1.807, 2.05) is 27.7 Å². The van der Waals surface area contributed by atoms with Gasteiger partial charge in [-0.15, -0.1) is 0 Å². The van der Waals surface area contributed by atoms with Gasteiger partial charge >= 0.3 is 0 Å². The van der Waals surface area contributed by atoms with E-state index in [4.69, 9.17) is 10.5 Å². The molecule has 0 amide bonds. The van der Waals surface area contributed by atoms with E-state index in [1.54, 1.807) is 30.5 Å². The Kier molecular flexibility index (Phi) is 6.79. The second kappa shape index (κ2) is 9.96. The predicted octanol–water partition coefficient (Wildman–Crippen LogP) is 5.33. The van der Waals surface area contributed by atoms with Crippen LogP contribution in [0, 0.1) is 17.1 Å². The number of carbonyl (C=O) groups is 1. The van der Waals surface area contributed by atoms with Gasteiger partial charge in [-0.05, 0) is 50.2 Å². The van der Waals surface area contributed by atoms with Gasteiger partial charge < -0.3 is 10.5 Å². The lowest BCUT2D eigenvalue weighted by Gasteiger charge is -2.16. The van der Waals surface area contributed by atoms with Crippen molar-refractivity contribution in [2.24, 2.45) is 0 Å². The van der Waals surface area contributed by atoms with Crippen molar-refractivity contribution in [2.45, 2.75) is 40.3 Å². The maximum Gasteiger partial charge on any atom is 0.216 e. The largest absolute Gasteiger partial charge is 0.485 e. The molecular weight excluding hydrogens is 459 g/mol. The fourth-order valence-corrected chi connectivity index (χ4v) is 4.05. The van der Waals surface area contributed by atoms with Crippen molar-refractivity contribution in [2.75, 3.05) is 5.73 Å². The number of aromatic nitrogens is 4. The molecule has 4 heterocycles. The first-order valence-electron chi connectivity index (χ1n) is 11.6. The summed E-state index contributed by atoms with van der Waals surface area (Å²) in [5.41, 5.74) is 8.82. The predicted molar refractivity (Wildman–Crippen MR) is 134 cm³/mol. The van der Waals surface area contributed by atoms with Gasteiger partial charge in [-0.1, -0.05) is 13.8 Å². The van der Waals surface area contributed by atoms with Gasteiger partial charge in [-0.3, -0.25) is 14.5 Å². The van der Waals surface area contributed by atoms with Crippen LogP contribution in [0.4, 0.5) is 10.2 Å². The zero-order valence-electron chi connectivity index (χ0n) is 20.4. The van der Waals surface area contributed by atoms with Crippen molar-refractivity contribution >= 4 is 11.6 Å². The van der Waals surface area contributed by atoms with Crippen molar-refractivity contribution in [3.05, 3.63) is 77.1 Å². The number of nitrogens with two attached hydrogens (primary N) is 1. The number of anilines is 1. The summed E-state index contributed by atoms with van der Waals surface area (Å²) >= 11 is 0. The number of hydrogen-bond donors (Lipinski definition) is 1. The zero-order valence-corrected chi connectivity index (χ0v) is 20.4. The van der Waals surface area contributed by atoms with Crippen molar-refractivity contribution in [1.82, 2.24) is 19.7 Å². The lowest BCUT2D eigenvalue weighted by Crippen LogP contribution is -2.11. The average Bonchev–Trinajstić information content (AvgIpc) is 3.29. The number of benzene rings is 1. The molecule has 9 heteroatoms. The third-order valence-corrected chi connectivity index (χ3v) is 5.65. The molecule has 0 atom stereocenters. The van der Waals surface area contributed by atoms with E-state index >= 15 is 0 Å². The van der Waals surface area contributed by atoms with Gasteiger partial charge in [0.05, 0.1) is 16.8 Å². The van der Waals surface area contributed by atoms with Gasteiger partial charge in [0.25, 0.3) is 0 Å². The number of rotatable bonds is 1. The number of nitrogens with zero attached hydrogens (tertiary/aromatic N) is 5. The number of ketones is 1. The van der Waals surface area contributed by atoms with E-state index in [1.165, 1.54) is 23.0 Å². The topological polar surface area (TPSA) is 120 Å². The molecule has 2 bridgehead atoms. The zero-order chi connectivity index (χ0) is 26.0. The molecule has 0 radical (unpaired) electrons.